The zero-order valence-corrected chi connectivity index (χ0v) is 18.5. The first-order valence-electron chi connectivity index (χ1n) is 11.7. The van der Waals surface area contributed by atoms with Crippen molar-refractivity contribution in [2.45, 2.75) is 50.6 Å². The van der Waals surface area contributed by atoms with Crippen LogP contribution in [0.25, 0.3) is 11.2 Å². The lowest BCUT2D eigenvalue weighted by molar-refractivity contribution is -0.127. The molecule has 3 fully saturated rings. The molecule has 9 nitrogen and oxygen atoms in total. The van der Waals surface area contributed by atoms with Gasteiger partial charge in [-0.25, -0.2) is 14.8 Å². The molecule has 2 aromatic heterocycles. The van der Waals surface area contributed by atoms with Crippen LogP contribution in [0.1, 0.15) is 70.0 Å². The zero-order chi connectivity index (χ0) is 23.4. The number of aromatic amines is 1. The predicted octanol–water partition coefficient (Wildman–Crippen LogP) is 2.75. The highest BCUT2D eigenvalue weighted by Crippen LogP contribution is 2.61. The van der Waals surface area contributed by atoms with Crippen molar-refractivity contribution >= 4 is 28.9 Å². The van der Waals surface area contributed by atoms with Crippen LogP contribution in [0.4, 0.5) is 0 Å². The van der Waals surface area contributed by atoms with Crippen LogP contribution in [0.15, 0.2) is 36.7 Å². The molecule has 3 aliphatic rings. The number of carbonyl (C=O) groups excluding carboxylic acids is 2. The molecule has 9 heteroatoms. The topological polar surface area (TPSA) is 137 Å². The fraction of sp³-hybridized carbons (Fsp3) is 0.400. The molecule has 3 aliphatic carbocycles. The number of aromatic carboxylic acids is 1. The lowest BCUT2D eigenvalue weighted by atomic mass is 9.97. The molecule has 0 saturated heterocycles. The number of nitrogens with one attached hydrogen (secondary N) is 3. The molecule has 2 heterocycles. The Balaban J connectivity index is 1.15. The van der Waals surface area contributed by atoms with Gasteiger partial charge < -0.3 is 20.7 Å². The Bertz CT molecular complexity index is 1330. The number of benzene rings is 1. The van der Waals surface area contributed by atoms with Crippen molar-refractivity contribution in [1.82, 2.24) is 25.6 Å². The van der Waals surface area contributed by atoms with Crippen LogP contribution in [-0.2, 0) is 11.3 Å². The van der Waals surface area contributed by atoms with Gasteiger partial charge in [-0.15, -0.1) is 0 Å². The van der Waals surface area contributed by atoms with Crippen molar-refractivity contribution in [3.8, 4) is 0 Å². The van der Waals surface area contributed by atoms with Crippen LogP contribution in [0.5, 0.6) is 0 Å². The van der Waals surface area contributed by atoms with E-state index in [0.29, 0.717) is 29.1 Å². The van der Waals surface area contributed by atoms with E-state index in [1.165, 1.54) is 6.07 Å². The molecule has 0 spiro atoms. The second kappa shape index (κ2) is 7.65. The van der Waals surface area contributed by atoms with Crippen LogP contribution in [0, 0.1) is 11.3 Å². The van der Waals surface area contributed by atoms with Gasteiger partial charge in [-0.3, -0.25) is 9.59 Å². The van der Waals surface area contributed by atoms with Crippen LogP contribution in [0.3, 0.4) is 0 Å². The Kier molecular flexibility index (Phi) is 4.68. The summed E-state index contributed by atoms with van der Waals surface area (Å²) in [5.74, 6) is -0.640. The average Bonchev–Trinajstić information content (AvgIpc) is 3.70. The molecule has 4 N–H and O–H groups in total. The summed E-state index contributed by atoms with van der Waals surface area (Å²) in [5, 5.41) is 15.2. The third-order valence-corrected chi connectivity index (χ3v) is 7.30. The van der Waals surface area contributed by atoms with Crippen molar-refractivity contribution in [1.29, 1.82) is 0 Å². The van der Waals surface area contributed by atoms with E-state index in [1.807, 2.05) is 0 Å². The summed E-state index contributed by atoms with van der Waals surface area (Å²) in [6.07, 6.45) is 8.16. The second-order valence-electron chi connectivity index (χ2n) is 9.70. The number of amides is 2. The number of carbonyl (C=O) groups is 3. The van der Waals surface area contributed by atoms with E-state index >= 15 is 0 Å². The van der Waals surface area contributed by atoms with Crippen LogP contribution < -0.4 is 10.6 Å². The predicted molar refractivity (Wildman–Crippen MR) is 122 cm³/mol. The van der Waals surface area contributed by atoms with Crippen molar-refractivity contribution in [3.63, 3.8) is 0 Å². The highest BCUT2D eigenvalue weighted by Gasteiger charge is 2.67. The van der Waals surface area contributed by atoms with Crippen LogP contribution in [0.2, 0.25) is 0 Å². The minimum absolute atomic E-state index is 0.0873. The van der Waals surface area contributed by atoms with E-state index in [1.54, 1.807) is 30.6 Å². The number of H-pyrrole nitrogens is 1. The van der Waals surface area contributed by atoms with Crippen molar-refractivity contribution in [2.75, 3.05) is 0 Å². The Morgan fingerprint density at radius 1 is 1.18 bits per heavy atom. The third kappa shape index (κ3) is 3.61. The molecule has 2 atom stereocenters. The summed E-state index contributed by atoms with van der Waals surface area (Å²) in [5.41, 5.74) is 2.84. The fourth-order valence-electron chi connectivity index (χ4n) is 5.00. The normalized spacial score (nSPS) is 23.5. The maximum atomic E-state index is 13.2. The summed E-state index contributed by atoms with van der Waals surface area (Å²) in [6.45, 7) is 0.247. The minimum Gasteiger partial charge on any atom is -0.478 e. The summed E-state index contributed by atoms with van der Waals surface area (Å²) in [7, 11) is 0. The van der Waals surface area contributed by atoms with Gasteiger partial charge >= 0.3 is 5.97 Å². The van der Waals surface area contributed by atoms with E-state index in [0.717, 1.165) is 36.9 Å². The molecule has 174 valence electrons. The highest BCUT2D eigenvalue weighted by molar-refractivity contribution is 6.05. The van der Waals surface area contributed by atoms with Gasteiger partial charge in [0.1, 0.15) is 5.52 Å². The summed E-state index contributed by atoms with van der Waals surface area (Å²) in [6, 6.07) is 6.31. The van der Waals surface area contributed by atoms with E-state index in [-0.39, 0.29) is 35.9 Å². The summed E-state index contributed by atoms with van der Waals surface area (Å²) >= 11 is 0. The van der Waals surface area contributed by atoms with Crippen LogP contribution >= 0.6 is 0 Å². The third-order valence-electron chi connectivity index (χ3n) is 7.30. The molecular weight excluding hydrogens is 434 g/mol. The first kappa shape index (κ1) is 20.8. The van der Waals surface area contributed by atoms with Gasteiger partial charge in [0.2, 0.25) is 5.91 Å². The number of rotatable bonds is 8. The van der Waals surface area contributed by atoms with E-state index in [9.17, 15) is 19.5 Å². The quantitative estimate of drug-likeness (QED) is 0.409. The lowest BCUT2D eigenvalue weighted by Gasteiger charge is -2.17. The SMILES string of the molecule is O=C(O)c1cccc(CNC(=O)C2(C3CC3)CC2NC(=O)c2c[nH]c3ncc(C4CC4)nc23)c1. The molecule has 0 radical (unpaired) electrons. The number of carboxylic acid groups (broad SMARTS) is 1. The smallest absolute Gasteiger partial charge is 0.335 e. The van der Waals surface area contributed by atoms with Gasteiger partial charge in [-0.2, -0.15) is 0 Å². The average molecular weight is 460 g/mol. The van der Waals surface area contributed by atoms with Gasteiger partial charge in [0.05, 0.1) is 28.4 Å². The molecule has 34 heavy (non-hydrogen) atoms. The molecule has 6 rings (SSSR count). The number of fused-ring (bicyclic) bond motifs is 1. The van der Waals surface area contributed by atoms with Crippen molar-refractivity contribution in [2.24, 2.45) is 11.3 Å². The maximum absolute atomic E-state index is 13.2. The number of aromatic nitrogens is 3. The Morgan fingerprint density at radius 3 is 2.74 bits per heavy atom. The molecule has 3 saturated carbocycles. The number of hydrogen-bond donors (Lipinski definition) is 4. The van der Waals surface area contributed by atoms with E-state index in [2.05, 4.69) is 25.6 Å². The Morgan fingerprint density at radius 2 is 2.00 bits per heavy atom. The van der Waals surface area contributed by atoms with Crippen molar-refractivity contribution < 1.29 is 19.5 Å². The first-order valence-corrected chi connectivity index (χ1v) is 11.7. The Hall–Kier alpha value is -3.75. The Labute approximate surface area is 195 Å². The lowest BCUT2D eigenvalue weighted by Crippen LogP contribution is -2.40. The van der Waals surface area contributed by atoms with Gasteiger partial charge in [0, 0.05) is 24.7 Å². The van der Waals surface area contributed by atoms with Crippen molar-refractivity contribution in [3.05, 3.63) is 59.0 Å². The molecule has 2 amide bonds. The minimum atomic E-state index is -1.00. The van der Waals surface area contributed by atoms with Gasteiger partial charge in [-0.1, -0.05) is 12.1 Å². The fourth-order valence-corrected chi connectivity index (χ4v) is 5.00. The van der Waals surface area contributed by atoms with Gasteiger partial charge in [0.15, 0.2) is 5.65 Å². The zero-order valence-electron chi connectivity index (χ0n) is 18.5. The van der Waals surface area contributed by atoms with Crippen LogP contribution in [-0.4, -0.2) is 43.9 Å². The highest BCUT2D eigenvalue weighted by atomic mass is 16.4. The molecule has 0 bridgehead atoms. The standard InChI is InChI=1S/C25H25N5O4/c31-22(17-11-26-21-20(17)29-18(12-27-21)14-4-5-14)30-19-9-25(19,16-6-7-16)24(34)28-10-13-2-1-3-15(8-13)23(32)33/h1-3,8,11-12,14,16,19H,4-7,9-10H2,(H,26,27)(H,28,34)(H,30,31)(H,32,33). The number of nitrogens with zero attached hydrogens (tertiary/aromatic N) is 2. The summed E-state index contributed by atoms with van der Waals surface area (Å²) < 4.78 is 0. The summed E-state index contributed by atoms with van der Waals surface area (Å²) in [4.78, 5) is 49.6. The monoisotopic (exact) mass is 459 g/mol. The molecular formula is C25H25N5O4. The van der Waals surface area contributed by atoms with Gasteiger partial charge in [0.25, 0.3) is 5.91 Å². The molecule has 0 aliphatic heterocycles. The van der Waals surface area contributed by atoms with E-state index in [4.69, 9.17) is 0 Å². The number of carboxylic acids is 1. The van der Waals surface area contributed by atoms with E-state index < -0.39 is 11.4 Å². The largest absolute Gasteiger partial charge is 0.478 e. The molecule has 3 aromatic rings. The first-order chi connectivity index (χ1) is 16.5. The molecule has 2 unspecified atom stereocenters. The van der Waals surface area contributed by atoms with Gasteiger partial charge in [-0.05, 0) is 55.7 Å². The molecule has 1 aromatic carbocycles. The number of hydrogen-bond acceptors (Lipinski definition) is 5. The maximum Gasteiger partial charge on any atom is 0.335 e. The second-order valence-corrected chi connectivity index (χ2v) is 9.70.